The summed E-state index contributed by atoms with van der Waals surface area (Å²) in [6.07, 6.45) is 5.23. The van der Waals surface area contributed by atoms with Crippen molar-refractivity contribution in [3.63, 3.8) is 0 Å². The van der Waals surface area contributed by atoms with Gasteiger partial charge in [-0.15, -0.1) is 0 Å². The van der Waals surface area contributed by atoms with Crippen molar-refractivity contribution in [2.45, 2.75) is 53.5 Å². The highest BCUT2D eigenvalue weighted by Gasteiger charge is 2.04. The lowest BCUT2D eigenvalue weighted by atomic mass is 10.1. The van der Waals surface area contributed by atoms with Crippen LogP contribution in [-0.4, -0.2) is 23.1 Å². The molecule has 1 aromatic heterocycles. The average Bonchev–Trinajstić information content (AvgIpc) is 2.37. The Hall–Kier alpha value is -1.16. The van der Waals surface area contributed by atoms with Crippen molar-refractivity contribution in [3.05, 3.63) is 17.5 Å². The van der Waals surface area contributed by atoms with E-state index in [1.54, 1.807) is 0 Å². The molecule has 1 N–H and O–H groups in total. The topological polar surface area (TPSA) is 47.0 Å². The molecule has 0 saturated heterocycles. The Morgan fingerprint density at radius 2 is 2.16 bits per heavy atom. The molecule has 0 radical (unpaired) electrons. The van der Waals surface area contributed by atoms with Crippen molar-refractivity contribution >= 4 is 0 Å². The number of hydrogen-bond acceptors (Lipinski definition) is 4. The Balaban J connectivity index is 2.38. The van der Waals surface area contributed by atoms with Gasteiger partial charge < -0.3 is 10.1 Å². The molecule has 108 valence electrons. The number of aromatic nitrogens is 2. The predicted molar refractivity (Wildman–Crippen MR) is 78.3 cm³/mol. The van der Waals surface area contributed by atoms with Crippen molar-refractivity contribution in [1.82, 2.24) is 15.3 Å². The van der Waals surface area contributed by atoms with Crippen LogP contribution in [-0.2, 0) is 6.54 Å². The Bertz CT molecular complexity index is 366. The van der Waals surface area contributed by atoms with Crippen LogP contribution in [0.4, 0.5) is 0 Å². The zero-order chi connectivity index (χ0) is 14.1. The number of nitrogens with zero attached hydrogens (tertiary/aromatic N) is 2. The van der Waals surface area contributed by atoms with E-state index in [2.05, 4.69) is 36.1 Å². The van der Waals surface area contributed by atoms with Gasteiger partial charge in [0.25, 0.3) is 0 Å². The van der Waals surface area contributed by atoms with Gasteiger partial charge in [0.05, 0.1) is 6.61 Å². The van der Waals surface area contributed by atoms with Crippen LogP contribution in [0.5, 0.6) is 6.01 Å². The SMILES string of the molecule is CCCNCc1cnc(OCCCC(C)C)nc1C. The van der Waals surface area contributed by atoms with Crippen LogP contribution in [0.15, 0.2) is 6.20 Å². The van der Waals surface area contributed by atoms with Crippen LogP contribution in [0.25, 0.3) is 0 Å². The smallest absolute Gasteiger partial charge is 0.316 e. The van der Waals surface area contributed by atoms with Crippen LogP contribution < -0.4 is 10.1 Å². The third-order valence-corrected chi connectivity index (χ3v) is 2.96. The molecule has 4 heteroatoms. The number of rotatable bonds is 9. The Morgan fingerprint density at radius 3 is 2.79 bits per heavy atom. The van der Waals surface area contributed by atoms with Crippen LogP contribution in [0.1, 0.15) is 51.3 Å². The highest BCUT2D eigenvalue weighted by Crippen LogP contribution is 2.10. The number of nitrogens with one attached hydrogen (secondary N) is 1. The van der Waals surface area contributed by atoms with Gasteiger partial charge in [-0.2, -0.15) is 0 Å². The number of hydrogen-bond donors (Lipinski definition) is 1. The fourth-order valence-corrected chi connectivity index (χ4v) is 1.77. The second-order valence-corrected chi connectivity index (χ2v) is 5.32. The zero-order valence-electron chi connectivity index (χ0n) is 12.7. The molecule has 0 aliphatic carbocycles. The quantitative estimate of drug-likeness (QED) is 0.697. The van der Waals surface area contributed by atoms with E-state index in [-0.39, 0.29) is 0 Å². The minimum absolute atomic E-state index is 0.500. The Morgan fingerprint density at radius 1 is 1.37 bits per heavy atom. The van der Waals surface area contributed by atoms with Crippen molar-refractivity contribution in [2.24, 2.45) is 5.92 Å². The summed E-state index contributed by atoms with van der Waals surface area (Å²) >= 11 is 0. The molecule has 1 heterocycles. The Kier molecular flexibility index (Phi) is 7.41. The first-order chi connectivity index (χ1) is 9.13. The van der Waals surface area contributed by atoms with Crippen molar-refractivity contribution in [3.8, 4) is 6.01 Å². The molecular formula is C15H27N3O. The summed E-state index contributed by atoms with van der Waals surface area (Å²) in [5.74, 6) is 0.721. The molecule has 1 rings (SSSR count). The van der Waals surface area contributed by atoms with Gasteiger partial charge in [0, 0.05) is 24.0 Å². The van der Waals surface area contributed by atoms with Crippen LogP contribution in [0, 0.1) is 12.8 Å². The third-order valence-electron chi connectivity index (χ3n) is 2.96. The van der Waals surface area contributed by atoms with E-state index in [1.807, 2.05) is 13.1 Å². The van der Waals surface area contributed by atoms with Gasteiger partial charge in [-0.1, -0.05) is 20.8 Å². The highest BCUT2D eigenvalue weighted by molar-refractivity contribution is 5.17. The molecule has 0 amide bonds. The maximum atomic E-state index is 5.58. The first-order valence-electron chi connectivity index (χ1n) is 7.29. The zero-order valence-corrected chi connectivity index (χ0v) is 12.7. The summed E-state index contributed by atoms with van der Waals surface area (Å²) in [4.78, 5) is 8.66. The molecule has 0 spiro atoms. The highest BCUT2D eigenvalue weighted by atomic mass is 16.5. The standard InChI is InChI=1S/C15H27N3O/c1-5-8-16-10-14-11-17-15(18-13(14)4)19-9-6-7-12(2)3/h11-12,16H,5-10H2,1-4H3. The summed E-state index contributed by atoms with van der Waals surface area (Å²) in [5.41, 5.74) is 2.14. The van der Waals surface area contributed by atoms with Gasteiger partial charge in [-0.3, -0.25) is 0 Å². The van der Waals surface area contributed by atoms with Gasteiger partial charge in [-0.25, -0.2) is 9.97 Å². The van der Waals surface area contributed by atoms with E-state index in [4.69, 9.17) is 4.74 Å². The number of ether oxygens (including phenoxy) is 1. The molecule has 0 atom stereocenters. The monoisotopic (exact) mass is 265 g/mol. The molecule has 4 nitrogen and oxygen atoms in total. The van der Waals surface area contributed by atoms with E-state index >= 15 is 0 Å². The molecular weight excluding hydrogens is 238 g/mol. The first-order valence-corrected chi connectivity index (χ1v) is 7.29. The average molecular weight is 265 g/mol. The molecule has 1 aromatic rings. The summed E-state index contributed by atoms with van der Waals surface area (Å²) in [5, 5.41) is 3.36. The van der Waals surface area contributed by atoms with Crippen LogP contribution >= 0.6 is 0 Å². The van der Waals surface area contributed by atoms with Crippen LogP contribution in [0.3, 0.4) is 0 Å². The van der Waals surface area contributed by atoms with Crippen molar-refractivity contribution in [1.29, 1.82) is 0 Å². The largest absolute Gasteiger partial charge is 0.463 e. The van der Waals surface area contributed by atoms with Gasteiger partial charge >= 0.3 is 6.01 Å². The lowest BCUT2D eigenvalue weighted by Gasteiger charge is -2.09. The second-order valence-electron chi connectivity index (χ2n) is 5.32. The molecule has 0 bridgehead atoms. The van der Waals surface area contributed by atoms with E-state index in [0.29, 0.717) is 12.6 Å². The summed E-state index contributed by atoms with van der Waals surface area (Å²) < 4.78 is 5.58. The maximum absolute atomic E-state index is 5.58. The molecule has 0 aliphatic heterocycles. The predicted octanol–water partition coefficient (Wildman–Crippen LogP) is 3.10. The minimum atomic E-state index is 0.500. The van der Waals surface area contributed by atoms with Gasteiger partial charge in [0.1, 0.15) is 0 Å². The summed E-state index contributed by atoms with van der Waals surface area (Å²) in [6, 6.07) is 0.500. The summed E-state index contributed by atoms with van der Waals surface area (Å²) in [7, 11) is 0. The molecule has 19 heavy (non-hydrogen) atoms. The third kappa shape index (κ3) is 6.53. The second kappa shape index (κ2) is 8.86. The van der Waals surface area contributed by atoms with Crippen molar-refractivity contribution < 1.29 is 4.74 Å². The molecule has 0 aromatic carbocycles. The van der Waals surface area contributed by atoms with Gasteiger partial charge in [0.2, 0.25) is 0 Å². The molecule has 0 unspecified atom stereocenters. The fraction of sp³-hybridized carbons (Fsp3) is 0.733. The number of aryl methyl sites for hydroxylation is 1. The van der Waals surface area contributed by atoms with E-state index in [9.17, 15) is 0 Å². The first kappa shape index (κ1) is 15.9. The Labute approximate surface area is 117 Å². The van der Waals surface area contributed by atoms with E-state index in [1.165, 1.54) is 6.42 Å². The molecule has 0 fully saturated rings. The van der Waals surface area contributed by atoms with Crippen molar-refractivity contribution in [2.75, 3.05) is 13.2 Å². The normalized spacial score (nSPS) is 11.0. The lowest BCUT2D eigenvalue weighted by molar-refractivity contribution is 0.275. The summed E-state index contributed by atoms with van der Waals surface area (Å²) in [6.45, 7) is 11.2. The minimum Gasteiger partial charge on any atom is -0.463 e. The fourth-order valence-electron chi connectivity index (χ4n) is 1.77. The lowest BCUT2D eigenvalue weighted by Crippen LogP contribution is -2.15. The van der Waals surface area contributed by atoms with E-state index in [0.717, 1.165) is 43.1 Å². The van der Waals surface area contributed by atoms with E-state index < -0.39 is 0 Å². The molecule has 0 saturated carbocycles. The van der Waals surface area contributed by atoms with Gasteiger partial charge in [0.15, 0.2) is 0 Å². The van der Waals surface area contributed by atoms with Gasteiger partial charge in [-0.05, 0) is 38.6 Å². The maximum Gasteiger partial charge on any atom is 0.316 e. The molecule has 0 aliphatic rings. The van der Waals surface area contributed by atoms with Crippen LogP contribution in [0.2, 0.25) is 0 Å².